The van der Waals surface area contributed by atoms with E-state index in [1.54, 1.807) is 6.07 Å². The molecular formula is C16H23NO3. The van der Waals surface area contributed by atoms with Gasteiger partial charge >= 0.3 is 5.97 Å². The van der Waals surface area contributed by atoms with Crippen LogP contribution in [0, 0.1) is 11.8 Å². The van der Waals surface area contributed by atoms with Crippen molar-refractivity contribution < 1.29 is 14.6 Å². The maximum Gasteiger partial charge on any atom is 0.339 e. The molecule has 1 fully saturated rings. The Morgan fingerprint density at radius 1 is 1.50 bits per heavy atom. The fourth-order valence-electron chi connectivity index (χ4n) is 2.82. The number of ether oxygens (including phenoxy) is 1. The minimum atomic E-state index is -0.950. The predicted octanol–water partition coefficient (Wildman–Crippen LogP) is 2.87. The molecule has 1 aromatic carbocycles. The normalized spacial score (nSPS) is 19.5. The largest absolute Gasteiger partial charge is 0.496 e. The number of hydrogen-bond donors (Lipinski definition) is 1. The van der Waals surface area contributed by atoms with Crippen molar-refractivity contribution in [2.45, 2.75) is 26.8 Å². The van der Waals surface area contributed by atoms with Gasteiger partial charge in [0.05, 0.1) is 7.11 Å². The van der Waals surface area contributed by atoms with Gasteiger partial charge in [0.1, 0.15) is 11.3 Å². The Balaban J connectivity index is 2.05. The van der Waals surface area contributed by atoms with Crippen LogP contribution >= 0.6 is 0 Å². The predicted molar refractivity (Wildman–Crippen MR) is 78.2 cm³/mol. The lowest BCUT2D eigenvalue weighted by atomic mass is 9.95. The lowest BCUT2D eigenvalue weighted by molar-refractivity contribution is 0.0693. The third-order valence-corrected chi connectivity index (χ3v) is 4.15. The molecule has 4 heteroatoms. The number of nitrogens with zero attached hydrogens (tertiary/aromatic N) is 1. The summed E-state index contributed by atoms with van der Waals surface area (Å²) in [4.78, 5) is 13.5. The molecule has 1 N–H and O–H groups in total. The van der Waals surface area contributed by atoms with E-state index in [0.29, 0.717) is 5.75 Å². The summed E-state index contributed by atoms with van der Waals surface area (Å²) in [6.45, 7) is 7.66. The van der Waals surface area contributed by atoms with E-state index in [1.165, 1.54) is 13.5 Å². The standard InChI is InChI=1S/C16H23NO3/c1-11(2)13-6-7-17(10-13)9-12-4-5-14(16(18)19)15(8-12)20-3/h4-5,8,11,13H,6-7,9-10H2,1-3H3,(H,18,19). The van der Waals surface area contributed by atoms with Gasteiger partial charge in [-0.05, 0) is 42.5 Å². The van der Waals surface area contributed by atoms with Gasteiger partial charge in [-0.1, -0.05) is 19.9 Å². The second kappa shape index (κ2) is 6.27. The molecule has 1 saturated heterocycles. The van der Waals surface area contributed by atoms with Crippen LogP contribution in [0.15, 0.2) is 18.2 Å². The molecular weight excluding hydrogens is 254 g/mol. The summed E-state index contributed by atoms with van der Waals surface area (Å²) >= 11 is 0. The van der Waals surface area contributed by atoms with Gasteiger partial charge < -0.3 is 9.84 Å². The van der Waals surface area contributed by atoms with Gasteiger partial charge in [0.2, 0.25) is 0 Å². The van der Waals surface area contributed by atoms with Crippen molar-refractivity contribution in [2.24, 2.45) is 11.8 Å². The first-order valence-corrected chi connectivity index (χ1v) is 7.13. The molecule has 1 aliphatic heterocycles. The van der Waals surface area contributed by atoms with E-state index in [0.717, 1.165) is 37.0 Å². The van der Waals surface area contributed by atoms with Gasteiger partial charge in [-0.25, -0.2) is 4.79 Å². The zero-order chi connectivity index (χ0) is 14.7. The number of hydrogen-bond acceptors (Lipinski definition) is 3. The Bertz CT molecular complexity index is 485. The minimum absolute atomic E-state index is 0.220. The van der Waals surface area contributed by atoms with Crippen LogP contribution in [0.2, 0.25) is 0 Å². The molecule has 0 aromatic heterocycles. The summed E-state index contributed by atoms with van der Waals surface area (Å²) < 4.78 is 5.17. The van der Waals surface area contributed by atoms with Gasteiger partial charge in [0.15, 0.2) is 0 Å². The molecule has 0 aliphatic carbocycles. The van der Waals surface area contributed by atoms with Crippen LogP contribution in [-0.4, -0.2) is 36.2 Å². The van der Waals surface area contributed by atoms with E-state index < -0.39 is 5.97 Å². The zero-order valence-electron chi connectivity index (χ0n) is 12.4. The summed E-state index contributed by atoms with van der Waals surface area (Å²) in [5, 5.41) is 9.08. The number of carbonyl (C=O) groups is 1. The van der Waals surface area contributed by atoms with Crippen LogP contribution in [-0.2, 0) is 6.54 Å². The fraction of sp³-hybridized carbons (Fsp3) is 0.562. The third-order valence-electron chi connectivity index (χ3n) is 4.15. The zero-order valence-corrected chi connectivity index (χ0v) is 12.4. The number of benzene rings is 1. The Hall–Kier alpha value is -1.55. The molecule has 1 aliphatic rings. The first-order valence-electron chi connectivity index (χ1n) is 7.13. The van der Waals surface area contributed by atoms with Crippen molar-refractivity contribution in [3.63, 3.8) is 0 Å². The number of rotatable bonds is 5. The molecule has 110 valence electrons. The van der Waals surface area contributed by atoms with Crippen LogP contribution < -0.4 is 4.74 Å². The average Bonchev–Trinajstić information content (AvgIpc) is 2.87. The van der Waals surface area contributed by atoms with Crippen LogP contribution in [0.25, 0.3) is 0 Å². The average molecular weight is 277 g/mol. The van der Waals surface area contributed by atoms with E-state index in [9.17, 15) is 4.79 Å². The van der Waals surface area contributed by atoms with E-state index in [1.807, 2.05) is 12.1 Å². The number of carboxylic acid groups (broad SMARTS) is 1. The highest BCUT2D eigenvalue weighted by atomic mass is 16.5. The van der Waals surface area contributed by atoms with Gasteiger partial charge in [0, 0.05) is 13.1 Å². The van der Waals surface area contributed by atoms with Crippen molar-refractivity contribution >= 4 is 5.97 Å². The summed E-state index contributed by atoms with van der Waals surface area (Å²) in [5.41, 5.74) is 1.33. The summed E-state index contributed by atoms with van der Waals surface area (Å²) in [5.74, 6) is 0.989. The monoisotopic (exact) mass is 277 g/mol. The van der Waals surface area contributed by atoms with Crippen molar-refractivity contribution in [1.29, 1.82) is 0 Å². The molecule has 1 atom stereocenters. The summed E-state index contributed by atoms with van der Waals surface area (Å²) in [6.07, 6.45) is 1.25. The minimum Gasteiger partial charge on any atom is -0.496 e. The second-order valence-electron chi connectivity index (χ2n) is 5.87. The second-order valence-corrected chi connectivity index (χ2v) is 5.87. The van der Waals surface area contributed by atoms with Crippen LogP contribution in [0.1, 0.15) is 36.2 Å². The summed E-state index contributed by atoms with van der Waals surface area (Å²) in [7, 11) is 1.51. The number of likely N-dealkylation sites (tertiary alicyclic amines) is 1. The van der Waals surface area contributed by atoms with Crippen molar-refractivity contribution in [2.75, 3.05) is 20.2 Å². The van der Waals surface area contributed by atoms with E-state index in [2.05, 4.69) is 18.7 Å². The Kier molecular flexibility index (Phi) is 4.65. The smallest absolute Gasteiger partial charge is 0.339 e. The highest BCUT2D eigenvalue weighted by Crippen LogP contribution is 2.26. The lowest BCUT2D eigenvalue weighted by Crippen LogP contribution is -2.21. The molecule has 0 radical (unpaired) electrons. The lowest BCUT2D eigenvalue weighted by Gasteiger charge is -2.18. The van der Waals surface area contributed by atoms with Crippen molar-refractivity contribution in [3.8, 4) is 5.75 Å². The van der Waals surface area contributed by atoms with Gasteiger partial charge in [-0.2, -0.15) is 0 Å². The fourth-order valence-corrected chi connectivity index (χ4v) is 2.82. The van der Waals surface area contributed by atoms with Crippen LogP contribution in [0.3, 0.4) is 0 Å². The molecule has 1 heterocycles. The topological polar surface area (TPSA) is 49.8 Å². The van der Waals surface area contributed by atoms with Crippen LogP contribution in [0.5, 0.6) is 5.75 Å². The third kappa shape index (κ3) is 3.31. The van der Waals surface area contributed by atoms with E-state index in [-0.39, 0.29) is 5.56 Å². The maximum atomic E-state index is 11.1. The summed E-state index contributed by atoms with van der Waals surface area (Å²) in [6, 6.07) is 5.35. The van der Waals surface area contributed by atoms with Gasteiger partial charge in [-0.3, -0.25) is 4.90 Å². The number of carboxylic acids is 1. The quantitative estimate of drug-likeness (QED) is 0.899. The first kappa shape index (κ1) is 14.9. The molecule has 0 spiro atoms. The molecule has 1 aromatic rings. The molecule has 20 heavy (non-hydrogen) atoms. The highest BCUT2D eigenvalue weighted by Gasteiger charge is 2.24. The van der Waals surface area contributed by atoms with E-state index >= 15 is 0 Å². The van der Waals surface area contributed by atoms with Crippen LogP contribution in [0.4, 0.5) is 0 Å². The Labute approximate surface area is 120 Å². The molecule has 2 rings (SSSR count). The van der Waals surface area contributed by atoms with Crippen molar-refractivity contribution in [1.82, 2.24) is 4.90 Å². The van der Waals surface area contributed by atoms with Gasteiger partial charge in [0.25, 0.3) is 0 Å². The molecule has 0 amide bonds. The van der Waals surface area contributed by atoms with E-state index in [4.69, 9.17) is 9.84 Å². The highest BCUT2D eigenvalue weighted by molar-refractivity contribution is 5.90. The molecule has 1 unspecified atom stereocenters. The molecule has 0 bridgehead atoms. The van der Waals surface area contributed by atoms with Gasteiger partial charge in [-0.15, -0.1) is 0 Å². The first-order chi connectivity index (χ1) is 9.51. The molecule has 0 saturated carbocycles. The van der Waals surface area contributed by atoms with Crippen molar-refractivity contribution in [3.05, 3.63) is 29.3 Å². The Morgan fingerprint density at radius 2 is 2.25 bits per heavy atom. The maximum absolute atomic E-state index is 11.1. The SMILES string of the molecule is COc1cc(CN2CCC(C(C)C)C2)ccc1C(=O)O. The molecule has 4 nitrogen and oxygen atoms in total. The number of methoxy groups -OCH3 is 1. The number of aromatic carboxylic acids is 1. The Morgan fingerprint density at radius 3 is 2.80 bits per heavy atom.